The van der Waals surface area contributed by atoms with Crippen LogP contribution >= 0.6 is 11.6 Å². The van der Waals surface area contributed by atoms with E-state index in [1.54, 1.807) is 0 Å². The molecule has 0 N–H and O–H groups in total. The molecule has 63 heavy (non-hydrogen) atoms. The lowest BCUT2D eigenvalue weighted by Crippen LogP contribution is -2.04. The molecule has 0 saturated carbocycles. The molecule has 0 aliphatic carbocycles. The molecule has 2 nitrogen and oxygen atoms in total. The van der Waals surface area contributed by atoms with E-state index < -0.39 is 11.7 Å². The smallest absolute Gasteiger partial charge is 0.241 e. The lowest BCUT2D eigenvalue weighted by atomic mass is 10.0. The molecule has 0 fully saturated rings. The van der Waals surface area contributed by atoms with Crippen LogP contribution in [0.4, 0.5) is 17.6 Å². The highest BCUT2D eigenvalue weighted by molar-refractivity contribution is 6.30. The lowest BCUT2D eigenvalue weighted by Gasteiger charge is -2.09. The highest BCUT2D eigenvalue weighted by Gasteiger charge is 2.30. The topological polar surface area (TPSA) is 25.8 Å². The van der Waals surface area contributed by atoms with Gasteiger partial charge in [0.05, 0.1) is 5.56 Å². The van der Waals surface area contributed by atoms with Crippen molar-refractivity contribution in [2.24, 2.45) is 0 Å². The van der Waals surface area contributed by atoms with Crippen LogP contribution in [0.25, 0.3) is 0 Å². The third kappa shape index (κ3) is 25.2. The molecule has 0 unspecified atom stereocenters. The van der Waals surface area contributed by atoms with Crippen LogP contribution in [0.15, 0.2) is 140 Å². The van der Waals surface area contributed by atoms with Crippen LogP contribution in [-0.2, 0) is 6.18 Å². The second-order valence-corrected chi connectivity index (χ2v) is 17.5. The predicted molar refractivity (Wildman–Crippen MR) is 265 cm³/mol. The van der Waals surface area contributed by atoms with E-state index in [2.05, 4.69) is 147 Å². The van der Waals surface area contributed by atoms with E-state index in [4.69, 9.17) is 11.6 Å². The van der Waals surface area contributed by atoms with E-state index in [-0.39, 0.29) is 19.2 Å². The van der Waals surface area contributed by atoms with Crippen molar-refractivity contribution in [1.82, 2.24) is 9.97 Å². The highest BCUT2D eigenvalue weighted by atomic mass is 35.5. The van der Waals surface area contributed by atoms with Gasteiger partial charge in [-0.3, -0.25) is 0 Å². The van der Waals surface area contributed by atoms with Gasteiger partial charge in [0.25, 0.3) is 0 Å². The predicted octanol–water partition coefficient (Wildman–Crippen LogP) is 18.7. The summed E-state index contributed by atoms with van der Waals surface area (Å²) in [7, 11) is 0. The van der Waals surface area contributed by atoms with E-state index in [1.165, 1.54) is 57.6 Å². The largest absolute Gasteiger partial charge is 0.416 e. The van der Waals surface area contributed by atoms with Gasteiger partial charge in [0.15, 0.2) is 0 Å². The average Bonchev–Trinajstić information content (AvgIpc) is 3.23. The number of nitrogens with zero attached hydrogens (tertiary/aromatic N) is 2. The van der Waals surface area contributed by atoms with Crippen molar-refractivity contribution in [3.8, 4) is 0 Å². The van der Waals surface area contributed by atoms with Gasteiger partial charge >= 0.3 is 6.18 Å². The van der Waals surface area contributed by atoms with Gasteiger partial charge in [-0.2, -0.15) is 13.2 Å². The van der Waals surface area contributed by atoms with Gasteiger partial charge < -0.3 is 0 Å². The molecule has 0 spiro atoms. The van der Waals surface area contributed by atoms with Crippen molar-refractivity contribution in [2.75, 3.05) is 0 Å². The summed E-state index contributed by atoms with van der Waals surface area (Å²) in [5.74, 6) is 3.86. The van der Waals surface area contributed by atoms with E-state index in [0.29, 0.717) is 29.6 Å². The standard InChI is InChI=1S/C10H11F3.C10H14.C9H11Cl.C9H11F.C9H12.C8H12N2.CH4/c1-7(2)8-3-5-9(6-4-8)10(11,12)13;1-8(2)10-6-4-9(3)5-7-10;2*1-7(2)8-3-5-9(10)6-4-8;1-8(2)9-6-4-3-5-7-9;1-6(2)8-4-9-7(3)10-5-8;/h3-7H,1-2H3;4-8H,1-3H3;2*3-7H,1-2H3;3-8H,1-2H3;4-6H,1-3H3;1H4. The van der Waals surface area contributed by atoms with Gasteiger partial charge in [-0.15, -0.1) is 0 Å². The molecule has 6 rings (SSSR count). The van der Waals surface area contributed by atoms with Crippen LogP contribution in [-0.4, -0.2) is 9.97 Å². The first-order chi connectivity index (χ1) is 29.0. The van der Waals surface area contributed by atoms with Crippen LogP contribution in [0.1, 0.15) is 176 Å². The van der Waals surface area contributed by atoms with Crippen LogP contribution < -0.4 is 0 Å². The zero-order valence-electron chi connectivity index (χ0n) is 39.5. The first kappa shape index (κ1) is 58.2. The number of benzene rings is 5. The Labute approximate surface area is 384 Å². The fourth-order valence-corrected chi connectivity index (χ4v) is 5.37. The molecule has 0 saturated heterocycles. The minimum atomic E-state index is -4.23. The highest BCUT2D eigenvalue weighted by Crippen LogP contribution is 2.30. The van der Waals surface area contributed by atoms with Gasteiger partial charge in [0, 0.05) is 17.4 Å². The molecule has 0 bridgehead atoms. The number of halogens is 5. The number of aryl methyl sites for hydroxylation is 2. The molecule has 5 aromatic carbocycles. The summed E-state index contributed by atoms with van der Waals surface area (Å²) in [6.07, 6.45) is -0.463. The summed E-state index contributed by atoms with van der Waals surface area (Å²) in [5.41, 5.74) is 8.23. The molecule has 0 atom stereocenters. The van der Waals surface area contributed by atoms with Crippen molar-refractivity contribution >= 4 is 11.6 Å². The summed E-state index contributed by atoms with van der Waals surface area (Å²) in [6, 6.07) is 39.1. The third-order valence-corrected chi connectivity index (χ3v) is 9.91. The first-order valence-corrected chi connectivity index (χ1v) is 22.0. The normalized spacial score (nSPS) is 10.6. The SMILES string of the molecule is C.CC(C)c1ccc(C(F)(F)F)cc1.CC(C)c1ccc(Cl)cc1.CC(C)c1ccc(F)cc1.CC(C)c1ccccc1.Cc1ccc(C(C)C)cc1.Cc1ncc(C(C)C)cn1. The molecular weight excluding hydrogens is 812 g/mol. The van der Waals surface area contributed by atoms with Gasteiger partial charge in [-0.1, -0.05) is 199 Å². The number of alkyl halides is 3. The van der Waals surface area contributed by atoms with E-state index >= 15 is 0 Å². The van der Waals surface area contributed by atoms with Crippen LogP contribution in [0.2, 0.25) is 5.02 Å². The van der Waals surface area contributed by atoms with E-state index in [0.717, 1.165) is 28.5 Å². The van der Waals surface area contributed by atoms with Crippen molar-refractivity contribution < 1.29 is 17.6 Å². The summed E-state index contributed by atoms with van der Waals surface area (Å²) in [4.78, 5) is 8.18. The quantitative estimate of drug-likeness (QED) is 0.156. The lowest BCUT2D eigenvalue weighted by molar-refractivity contribution is -0.137. The van der Waals surface area contributed by atoms with Crippen molar-refractivity contribution in [2.45, 2.75) is 146 Å². The summed E-state index contributed by atoms with van der Waals surface area (Å²) >= 11 is 5.72. The molecule has 0 amide bonds. The molecular formula is C56H75ClF4N2. The average molecular weight is 888 g/mol. The molecule has 7 heteroatoms. The first-order valence-electron chi connectivity index (χ1n) is 21.6. The maximum absolute atomic E-state index is 12.4. The van der Waals surface area contributed by atoms with Crippen molar-refractivity contribution in [1.29, 1.82) is 0 Å². The third-order valence-electron chi connectivity index (χ3n) is 9.66. The summed E-state index contributed by atoms with van der Waals surface area (Å²) in [6.45, 7) is 29.5. The minimum absolute atomic E-state index is 0. The Balaban J connectivity index is 0.000000732. The zero-order chi connectivity index (χ0) is 47.0. The fraction of sp³-hybridized carbons (Fsp3) is 0.393. The van der Waals surface area contributed by atoms with E-state index in [9.17, 15) is 17.6 Å². The Morgan fingerprint density at radius 2 is 0.714 bits per heavy atom. The summed E-state index contributed by atoms with van der Waals surface area (Å²) < 4.78 is 48.7. The second kappa shape index (κ2) is 30.3. The molecule has 1 aromatic heterocycles. The van der Waals surface area contributed by atoms with Gasteiger partial charge in [-0.25, -0.2) is 14.4 Å². The Morgan fingerprint density at radius 1 is 0.413 bits per heavy atom. The van der Waals surface area contributed by atoms with Crippen LogP contribution in [0, 0.1) is 19.7 Å². The number of rotatable bonds is 6. The van der Waals surface area contributed by atoms with Crippen LogP contribution in [0.3, 0.4) is 0 Å². The Morgan fingerprint density at radius 3 is 1.03 bits per heavy atom. The molecule has 6 aromatic rings. The monoisotopic (exact) mass is 887 g/mol. The molecule has 0 aliphatic rings. The molecule has 0 aliphatic heterocycles. The number of hydrogen-bond acceptors (Lipinski definition) is 2. The number of aromatic nitrogens is 2. The molecule has 1 heterocycles. The Bertz CT molecular complexity index is 1820. The van der Waals surface area contributed by atoms with Crippen molar-refractivity contribution in [3.63, 3.8) is 0 Å². The Kier molecular flexibility index (Phi) is 28.0. The second-order valence-electron chi connectivity index (χ2n) is 17.0. The van der Waals surface area contributed by atoms with E-state index in [1.807, 2.05) is 63.5 Å². The zero-order valence-corrected chi connectivity index (χ0v) is 40.3. The van der Waals surface area contributed by atoms with Gasteiger partial charge in [-0.05, 0) is 119 Å². The molecule has 0 radical (unpaired) electrons. The summed E-state index contributed by atoms with van der Waals surface area (Å²) in [5, 5.41) is 0.810. The number of hydrogen-bond donors (Lipinski definition) is 0. The van der Waals surface area contributed by atoms with Gasteiger partial charge in [0.2, 0.25) is 0 Å². The maximum atomic E-state index is 12.4. The van der Waals surface area contributed by atoms with Gasteiger partial charge in [0.1, 0.15) is 11.6 Å². The maximum Gasteiger partial charge on any atom is 0.416 e. The van der Waals surface area contributed by atoms with Crippen molar-refractivity contribution in [3.05, 3.63) is 201 Å². The minimum Gasteiger partial charge on any atom is -0.241 e. The molecule has 344 valence electrons. The Hall–Kier alpha value is -4.81. The fourth-order valence-electron chi connectivity index (χ4n) is 5.24. The van der Waals surface area contributed by atoms with Crippen LogP contribution in [0.5, 0.6) is 0 Å².